The molecule has 0 aliphatic heterocycles. The second-order valence-corrected chi connectivity index (χ2v) is 3.29. The topological polar surface area (TPSA) is 55.5 Å². The van der Waals surface area contributed by atoms with Crippen LogP contribution in [0, 0.1) is 0 Å². The standard InChI is InChI=1S/C9H7F6NO2/c10-8(11,12)7(16)5-3-4(17)1-2-6(5)18-9(13,14)15/h1-3,7,17H,16H2/t7-/m0/s1. The van der Waals surface area contributed by atoms with Crippen molar-refractivity contribution in [3.05, 3.63) is 23.8 Å². The molecule has 0 radical (unpaired) electrons. The molecule has 1 atom stereocenters. The summed E-state index contributed by atoms with van der Waals surface area (Å²) >= 11 is 0. The molecular weight excluding hydrogens is 268 g/mol. The van der Waals surface area contributed by atoms with Crippen LogP contribution in [0.5, 0.6) is 11.5 Å². The van der Waals surface area contributed by atoms with Gasteiger partial charge in [0, 0.05) is 5.56 Å². The van der Waals surface area contributed by atoms with Crippen molar-refractivity contribution in [2.75, 3.05) is 0 Å². The summed E-state index contributed by atoms with van der Waals surface area (Å²) in [6, 6.07) is -0.904. The molecule has 0 spiro atoms. The molecule has 0 amide bonds. The Balaban J connectivity index is 3.20. The first kappa shape index (κ1) is 14.4. The zero-order valence-corrected chi connectivity index (χ0v) is 8.51. The van der Waals surface area contributed by atoms with Crippen LogP contribution in [-0.2, 0) is 0 Å². The summed E-state index contributed by atoms with van der Waals surface area (Å²) in [7, 11) is 0. The number of benzene rings is 1. The highest BCUT2D eigenvalue weighted by Gasteiger charge is 2.41. The van der Waals surface area contributed by atoms with E-state index < -0.39 is 35.6 Å². The molecule has 18 heavy (non-hydrogen) atoms. The Bertz CT molecular complexity index is 428. The number of ether oxygens (including phenoxy) is 1. The van der Waals surface area contributed by atoms with Gasteiger partial charge < -0.3 is 15.6 Å². The minimum Gasteiger partial charge on any atom is -0.508 e. The van der Waals surface area contributed by atoms with Crippen LogP contribution in [0.25, 0.3) is 0 Å². The average molecular weight is 275 g/mol. The molecule has 3 nitrogen and oxygen atoms in total. The molecule has 102 valence electrons. The fourth-order valence-electron chi connectivity index (χ4n) is 1.17. The summed E-state index contributed by atoms with van der Waals surface area (Å²) in [5, 5.41) is 8.99. The maximum absolute atomic E-state index is 12.3. The third-order valence-electron chi connectivity index (χ3n) is 1.91. The van der Waals surface area contributed by atoms with E-state index in [1.54, 1.807) is 0 Å². The van der Waals surface area contributed by atoms with Gasteiger partial charge in [-0.25, -0.2) is 0 Å². The van der Waals surface area contributed by atoms with Gasteiger partial charge in [-0.1, -0.05) is 0 Å². The lowest BCUT2D eigenvalue weighted by Gasteiger charge is -2.20. The third-order valence-corrected chi connectivity index (χ3v) is 1.91. The Hall–Kier alpha value is -1.64. The molecule has 0 saturated heterocycles. The van der Waals surface area contributed by atoms with Gasteiger partial charge in [-0.05, 0) is 18.2 Å². The highest BCUT2D eigenvalue weighted by molar-refractivity contribution is 5.42. The molecule has 9 heteroatoms. The van der Waals surface area contributed by atoms with Gasteiger partial charge in [-0.2, -0.15) is 13.2 Å². The SMILES string of the molecule is N[C@@H](c1cc(O)ccc1OC(F)(F)F)C(F)(F)F. The molecule has 0 aliphatic rings. The fraction of sp³-hybridized carbons (Fsp3) is 0.333. The molecule has 0 unspecified atom stereocenters. The molecule has 1 aromatic carbocycles. The molecule has 3 N–H and O–H groups in total. The maximum atomic E-state index is 12.3. The molecule has 1 rings (SSSR count). The second-order valence-electron chi connectivity index (χ2n) is 3.29. The predicted molar refractivity (Wildman–Crippen MR) is 47.8 cm³/mol. The molecule has 0 saturated carbocycles. The van der Waals surface area contributed by atoms with Crippen LogP contribution < -0.4 is 10.5 Å². The van der Waals surface area contributed by atoms with Crippen molar-refractivity contribution in [3.8, 4) is 11.5 Å². The number of rotatable bonds is 2. The van der Waals surface area contributed by atoms with Crippen molar-refractivity contribution >= 4 is 0 Å². The van der Waals surface area contributed by atoms with Gasteiger partial charge >= 0.3 is 12.5 Å². The first-order chi connectivity index (χ1) is 8.00. The Morgan fingerprint density at radius 1 is 1.11 bits per heavy atom. The van der Waals surface area contributed by atoms with Gasteiger partial charge in [0.2, 0.25) is 0 Å². The Kier molecular flexibility index (Phi) is 3.65. The van der Waals surface area contributed by atoms with Crippen LogP contribution in [0.3, 0.4) is 0 Å². The number of phenols is 1. The molecule has 0 heterocycles. The smallest absolute Gasteiger partial charge is 0.508 e. The van der Waals surface area contributed by atoms with E-state index in [2.05, 4.69) is 4.74 Å². The van der Waals surface area contributed by atoms with E-state index in [1.807, 2.05) is 0 Å². The third kappa shape index (κ3) is 3.69. The van der Waals surface area contributed by atoms with E-state index in [9.17, 15) is 26.3 Å². The number of halogens is 6. The molecule has 0 bridgehead atoms. The fourth-order valence-corrected chi connectivity index (χ4v) is 1.17. The summed E-state index contributed by atoms with van der Waals surface area (Å²) in [4.78, 5) is 0. The molecule has 0 aliphatic carbocycles. The highest BCUT2D eigenvalue weighted by Crippen LogP contribution is 2.38. The second kappa shape index (κ2) is 4.56. The number of nitrogens with two attached hydrogens (primary N) is 1. The first-order valence-corrected chi connectivity index (χ1v) is 4.41. The normalized spacial score (nSPS) is 14.4. The summed E-state index contributed by atoms with van der Waals surface area (Å²) < 4.78 is 76.3. The van der Waals surface area contributed by atoms with Crippen molar-refractivity contribution in [1.29, 1.82) is 0 Å². The van der Waals surface area contributed by atoms with Crippen molar-refractivity contribution in [3.63, 3.8) is 0 Å². The monoisotopic (exact) mass is 275 g/mol. The summed E-state index contributed by atoms with van der Waals surface area (Å²) in [6.07, 6.45) is -10.1. The minimum atomic E-state index is -5.16. The number of phenolic OH excluding ortho intramolecular Hbond substituents is 1. The van der Waals surface area contributed by atoms with E-state index in [0.29, 0.717) is 12.1 Å². The van der Waals surface area contributed by atoms with E-state index in [-0.39, 0.29) is 0 Å². The number of hydrogen-bond donors (Lipinski definition) is 2. The largest absolute Gasteiger partial charge is 0.573 e. The molecular formula is C9H7F6NO2. The number of alkyl halides is 6. The van der Waals surface area contributed by atoms with Gasteiger partial charge in [-0.3, -0.25) is 0 Å². The van der Waals surface area contributed by atoms with Crippen molar-refractivity contribution in [1.82, 2.24) is 0 Å². The molecule has 0 fully saturated rings. The summed E-state index contributed by atoms with van der Waals surface area (Å²) in [5.74, 6) is -1.76. The summed E-state index contributed by atoms with van der Waals surface area (Å²) in [5.41, 5.74) is 3.78. The maximum Gasteiger partial charge on any atom is 0.573 e. The van der Waals surface area contributed by atoms with E-state index in [4.69, 9.17) is 10.8 Å². The molecule has 1 aromatic rings. The Labute approximate surface area is 96.8 Å². The van der Waals surface area contributed by atoms with Gasteiger partial charge in [0.15, 0.2) is 0 Å². The highest BCUT2D eigenvalue weighted by atomic mass is 19.4. The van der Waals surface area contributed by atoms with Crippen LogP contribution >= 0.6 is 0 Å². The van der Waals surface area contributed by atoms with Gasteiger partial charge in [0.05, 0.1) is 0 Å². The molecule has 0 aromatic heterocycles. The van der Waals surface area contributed by atoms with Crippen LogP contribution in [0.15, 0.2) is 18.2 Å². The minimum absolute atomic E-state index is 0.471. The van der Waals surface area contributed by atoms with Gasteiger partial charge in [-0.15, -0.1) is 13.2 Å². The zero-order valence-electron chi connectivity index (χ0n) is 8.51. The van der Waals surface area contributed by atoms with E-state index >= 15 is 0 Å². The van der Waals surface area contributed by atoms with Crippen molar-refractivity contribution in [2.24, 2.45) is 5.73 Å². The summed E-state index contributed by atoms with van der Waals surface area (Å²) in [6.45, 7) is 0. The van der Waals surface area contributed by atoms with Gasteiger partial charge in [0.25, 0.3) is 0 Å². The first-order valence-electron chi connectivity index (χ1n) is 4.41. The Morgan fingerprint density at radius 3 is 2.11 bits per heavy atom. The van der Waals surface area contributed by atoms with Crippen LogP contribution in [-0.4, -0.2) is 17.6 Å². The Morgan fingerprint density at radius 2 is 1.67 bits per heavy atom. The lowest BCUT2D eigenvalue weighted by Crippen LogP contribution is -2.30. The quantitative estimate of drug-likeness (QED) is 0.816. The average Bonchev–Trinajstić information content (AvgIpc) is 2.16. The van der Waals surface area contributed by atoms with Crippen molar-refractivity contribution in [2.45, 2.75) is 18.6 Å². The van der Waals surface area contributed by atoms with E-state index in [0.717, 1.165) is 6.07 Å². The lowest BCUT2D eigenvalue weighted by atomic mass is 10.1. The zero-order chi connectivity index (χ0) is 14.1. The lowest BCUT2D eigenvalue weighted by molar-refractivity contribution is -0.275. The van der Waals surface area contributed by atoms with Gasteiger partial charge in [0.1, 0.15) is 17.5 Å². The predicted octanol–water partition coefficient (Wildman–Crippen LogP) is 2.85. The van der Waals surface area contributed by atoms with Crippen LogP contribution in [0.1, 0.15) is 11.6 Å². The number of hydrogen-bond acceptors (Lipinski definition) is 3. The van der Waals surface area contributed by atoms with Crippen LogP contribution in [0.4, 0.5) is 26.3 Å². The van der Waals surface area contributed by atoms with E-state index in [1.165, 1.54) is 0 Å². The van der Waals surface area contributed by atoms with Crippen LogP contribution in [0.2, 0.25) is 0 Å². The number of aromatic hydroxyl groups is 1. The van der Waals surface area contributed by atoms with Crippen molar-refractivity contribution < 1.29 is 36.2 Å².